The Labute approximate surface area is 129 Å². The average molecular weight is 298 g/mol. The quantitative estimate of drug-likeness (QED) is 0.937. The van der Waals surface area contributed by atoms with Crippen molar-refractivity contribution in [3.63, 3.8) is 0 Å². The SMILES string of the molecule is COc1cccnc1CNC(=O)C1COc2ccccc2C1. The van der Waals surface area contributed by atoms with Crippen molar-refractivity contribution < 1.29 is 14.3 Å². The second kappa shape index (κ2) is 6.47. The Morgan fingerprint density at radius 2 is 2.23 bits per heavy atom. The molecule has 1 aromatic heterocycles. The molecule has 1 atom stereocenters. The molecule has 0 radical (unpaired) electrons. The first-order chi connectivity index (χ1) is 10.8. The zero-order valence-electron chi connectivity index (χ0n) is 12.4. The number of carbonyl (C=O) groups excluding carboxylic acids is 1. The van der Waals surface area contributed by atoms with E-state index in [0.717, 1.165) is 17.0 Å². The Hall–Kier alpha value is -2.56. The minimum atomic E-state index is -0.176. The number of benzene rings is 1. The first-order valence-electron chi connectivity index (χ1n) is 7.24. The van der Waals surface area contributed by atoms with E-state index in [1.54, 1.807) is 19.4 Å². The molecule has 1 aromatic carbocycles. The van der Waals surface area contributed by atoms with Crippen LogP contribution in [0.15, 0.2) is 42.6 Å². The molecule has 114 valence electrons. The maximum absolute atomic E-state index is 12.3. The van der Waals surface area contributed by atoms with Gasteiger partial charge in [0.2, 0.25) is 5.91 Å². The Morgan fingerprint density at radius 1 is 1.36 bits per heavy atom. The molecular weight excluding hydrogens is 280 g/mol. The van der Waals surface area contributed by atoms with Crippen molar-refractivity contribution in [2.75, 3.05) is 13.7 Å². The molecule has 5 heteroatoms. The van der Waals surface area contributed by atoms with Crippen LogP contribution in [0.1, 0.15) is 11.3 Å². The molecule has 2 heterocycles. The van der Waals surface area contributed by atoms with Crippen molar-refractivity contribution in [1.82, 2.24) is 10.3 Å². The second-order valence-corrected chi connectivity index (χ2v) is 5.19. The number of pyridine rings is 1. The summed E-state index contributed by atoms with van der Waals surface area (Å²) in [6.45, 7) is 0.753. The highest BCUT2D eigenvalue weighted by molar-refractivity contribution is 5.79. The third kappa shape index (κ3) is 3.03. The van der Waals surface area contributed by atoms with Gasteiger partial charge in [-0.25, -0.2) is 0 Å². The van der Waals surface area contributed by atoms with Gasteiger partial charge in [0.1, 0.15) is 23.8 Å². The zero-order chi connectivity index (χ0) is 15.4. The number of hydrogen-bond donors (Lipinski definition) is 1. The normalized spacial score (nSPS) is 16.3. The fourth-order valence-electron chi connectivity index (χ4n) is 2.55. The Bertz CT molecular complexity index is 672. The molecule has 5 nitrogen and oxygen atoms in total. The topological polar surface area (TPSA) is 60.5 Å². The zero-order valence-corrected chi connectivity index (χ0v) is 12.4. The Morgan fingerprint density at radius 3 is 3.09 bits per heavy atom. The monoisotopic (exact) mass is 298 g/mol. The first-order valence-corrected chi connectivity index (χ1v) is 7.24. The largest absolute Gasteiger partial charge is 0.495 e. The summed E-state index contributed by atoms with van der Waals surface area (Å²) >= 11 is 0. The van der Waals surface area contributed by atoms with Crippen LogP contribution in [0.4, 0.5) is 0 Å². The summed E-state index contributed by atoms with van der Waals surface area (Å²) in [5.41, 5.74) is 1.79. The van der Waals surface area contributed by atoms with Crippen LogP contribution in [0.2, 0.25) is 0 Å². The van der Waals surface area contributed by atoms with Crippen LogP contribution in [-0.4, -0.2) is 24.6 Å². The van der Waals surface area contributed by atoms with Gasteiger partial charge < -0.3 is 14.8 Å². The number of methoxy groups -OCH3 is 1. The van der Waals surface area contributed by atoms with Crippen LogP contribution in [0.3, 0.4) is 0 Å². The van der Waals surface area contributed by atoms with Crippen molar-refractivity contribution in [2.24, 2.45) is 5.92 Å². The molecule has 0 aliphatic carbocycles. The predicted octanol–water partition coefficient (Wildman–Crippen LogP) is 1.96. The maximum Gasteiger partial charge on any atom is 0.227 e. The third-order valence-corrected chi connectivity index (χ3v) is 3.75. The number of para-hydroxylation sites is 1. The van der Waals surface area contributed by atoms with Crippen LogP contribution in [0.5, 0.6) is 11.5 Å². The highest BCUT2D eigenvalue weighted by atomic mass is 16.5. The van der Waals surface area contributed by atoms with E-state index in [4.69, 9.17) is 9.47 Å². The lowest BCUT2D eigenvalue weighted by atomic mass is 9.96. The van der Waals surface area contributed by atoms with Crippen molar-refractivity contribution in [2.45, 2.75) is 13.0 Å². The number of aromatic nitrogens is 1. The molecule has 0 saturated carbocycles. The van der Waals surface area contributed by atoms with Crippen molar-refractivity contribution in [1.29, 1.82) is 0 Å². The Kier molecular flexibility index (Phi) is 4.23. The van der Waals surface area contributed by atoms with Gasteiger partial charge in [0.15, 0.2) is 0 Å². The van der Waals surface area contributed by atoms with Crippen molar-refractivity contribution in [3.8, 4) is 11.5 Å². The number of amides is 1. The highest BCUT2D eigenvalue weighted by Crippen LogP contribution is 2.26. The van der Waals surface area contributed by atoms with E-state index in [1.165, 1.54) is 0 Å². The van der Waals surface area contributed by atoms with Crippen molar-refractivity contribution >= 4 is 5.91 Å². The van der Waals surface area contributed by atoms with E-state index >= 15 is 0 Å². The number of fused-ring (bicyclic) bond motifs is 1. The summed E-state index contributed by atoms with van der Waals surface area (Å²) in [5, 5.41) is 2.91. The van der Waals surface area contributed by atoms with Gasteiger partial charge in [-0.2, -0.15) is 0 Å². The second-order valence-electron chi connectivity index (χ2n) is 5.19. The predicted molar refractivity (Wildman–Crippen MR) is 81.8 cm³/mol. The van der Waals surface area contributed by atoms with Gasteiger partial charge in [-0.05, 0) is 30.2 Å². The van der Waals surface area contributed by atoms with Crippen LogP contribution >= 0.6 is 0 Å². The van der Waals surface area contributed by atoms with Gasteiger partial charge in [0, 0.05) is 6.20 Å². The third-order valence-electron chi connectivity index (χ3n) is 3.75. The summed E-state index contributed by atoms with van der Waals surface area (Å²) in [6, 6.07) is 11.5. The minimum Gasteiger partial charge on any atom is -0.495 e. The van der Waals surface area contributed by atoms with Gasteiger partial charge in [-0.1, -0.05) is 18.2 Å². The standard InChI is InChI=1S/C17H18N2O3/c1-21-16-7-4-8-18-14(16)10-19-17(20)13-9-12-5-2-3-6-15(12)22-11-13/h2-8,13H,9-11H2,1H3,(H,19,20). The summed E-state index contributed by atoms with van der Waals surface area (Å²) in [6.07, 6.45) is 2.38. The molecule has 1 aliphatic rings. The van der Waals surface area contributed by atoms with Crippen molar-refractivity contribution in [3.05, 3.63) is 53.9 Å². The number of carbonyl (C=O) groups is 1. The van der Waals surface area contributed by atoms with E-state index in [0.29, 0.717) is 25.3 Å². The summed E-state index contributed by atoms with van der Waals surface area (Å²) < 4.78 is 10.9. The van der Waals surface area contributed by atoms with E-state index in [2.05, 4.69) is 10.3 Å². The number of ether oxygens (including phenoxy) is 2. The van der Waals surface area contributed by atoms with E-state index in [1.807, 2.05) is 30.3 Å². The summed E-state index contributed by atoms with van der Waals surface area (Å²) in [4.78, 5) is 16.6. The Balaban J connectivity index is 1.61. The molecule has 3 rings (SSSR count). The smallest absolute Gasteiger partial charge is 0.227 e. The molecule has 1 aliphatic heterocycles. The maximum atomic E-state index is 12.3. The average Bonchev–Trinajstić information content (AvgIpc) is 2.59. The highest BCUT2D eigenvalue weighted by Gasteiger charge is 2.25. The molecule has 0 fully saturated rings. The molecule has 22 heavy (non-hydrogen) atoms. The molecular formula is C17H18N2O3. The molecule has 0 saturated heterocycles. The van der Waals surface area contributed by atoms with Crippen LogP contribution in [0, 0.1) is 5.92 Å². The fourth-order valence-corrected chi connectivity index (χ4v) is 2.55. The minimum absolute atomic E-state index is 0.0257. The first kappa shape index (κ1) is 14.4. The van der Waals surface area contributed by atoms with E-state index in [9.17, 15) is 4.79 Å². The van der Waals surface area contributed by atoms with Gasteiger partial charge in [0.25, 0.3) is 0 Å². The lowest BCUT2D eigenvalue weighted by Crippen LogP contribution is -2.37. The number of rotatable bonds is 4. The lowest BCUT2D eigenvalue weighted by molar-refractivity contribution is -0.126. The molecule has 1 unspecified atom stereocenters. The molecule has 1 N–H and O–H groups in total. The van der Waals surface area contributed by atoms with Gasteiger partial charge in [0.05, 0.1) is 19.6 Å². The van der Waals surface area contributed by atoms with Gasteiger partial charge in [-0.3, -0.25) is 9.78 Å². The number of nitrogens with one attached hydrogen (secondary N) is 1. The van der Waals surface area contributed by atoms with E-state index in [-0.39, 0.29) is 11.8 Å². The van der Waals surface area contributed by atoms with Gasteiger partial charge >= 0.3 is 0 Å². The number of hydrogen-bond acceptors (Lipinski definition) is 4. The molecule has 0 bridgehead atoms. The van der Waals surface area contributed by atoms with Gasteiger partial charge in [-0.15, -0.1) is 0 Å². The molecule has 2 aromatic rings. The van der Waals surface area contributed by atoms with Crippen LogP contribution in [0.25, 0.3) is 0 Å². The summed E-state index contributed by atoms with van der Waals surface area (Å²) in [7, 11) is 1.59. The van der Waals surface area contributed by atoms with Crippen LogP contribution in [-0.2, 0) is 17.8 Å². The number of nitrogens with zero attached hydrogens (tertiary/aromatic N) is 1. The molecule has 0 spiro atoms. The summed E-state index contributed by atoms with van der Waals surface area (Å²) in [5.74, 6) is 1.35. The lowest BCUT2D eigenvalue weighted by Gasteiger charge is -2.24. The fraction of sp³-hybridized carbons (Fsp3) is 0.294. The van der Waals surface area contributed by atoms with E-state index < -0.39 is 0 Å². The molecule has 1 amide bonds. The van der Waals surface area contributed by atoms with Crippen LogP contribution < -0.4 is 14.8 Å².